The van der Waals surface area contributed by atoms with Gasteiger partial charge < -0.3 is 4.90 Å². The lowest BCUT2D eigenvalue weighted by Gasteiger charge is -2.28. The standard InChI is InChI=1S/C16H25N3O/c20-16(12-14-6-2-1-3-7-14)19-11-4-8-15(19)13-18-10-5-9-17-18/h5,9-10,14-15H,1-4,6-8,11-13H2/t15-/m0/s1. The van der Waals surface area contributed by atoms with E-state index in [2.05, 4.69) is 10.00 Å². The number of nitrogens with zero attached hydrogens (tertiary/aromatic N) is 3. The first-order valence-corrected chi connectivity index (χ1v) is 8.10. The van der Waals surface area contributed by atoms with Crippen molar-refractivity contribution in [3.05, 3.63) is 18.5 Å². The Morgan fingerprint density at radius 1 is 1.15 bits per heavy atom. The maximum Gasteiger partial charge on any atom is 0.223 e. The maximum atomic E-state index is 12.5. The van der Waals surface area contributed by atoms with E-state index >= 15 is 0 Å². The molecule has 1 saturated heterocycles. The lowest BCUT2D eigenvalue weighted by atomic mass is 9.86. The van der Waals surface area contributed by atoms with Crippen molar-refractivity contribution >= 4 is 5.91 Å². The molecule has 1 aliphatic heterocycles. The Morgan fingerprint density at radius 2 is 2.00 bits per heavy atom. The third-order valence-electron chi connectivity index (χ3n) is 4.84. The zero-order valence-corrected chi connectivity index (χ0v) is 12.2. The van der Waals surface area contributed by atoms with Crippen molar-refractivity contribution in [3.8, 4) is 0 Å². The quantitative estimate of drug-likeness (QED) is 0.847. The maximum absolute atomic E-state index is 12.5. The molecule has 1 atom stereocenters. The van der Waals surface area contributed by atoms with Gasteiger partial charge in [-0.1, -0.05) is 19.3 Å². The Bertz CT molecular complexity index is 423. The van der Waals surface area contributed by atoms with E-state index in [4.69, 9.17) is 0 Å². The fourth-order valence-electron chi connectivity index (χ4n) is 3.73. The normalized spacial score (nSPS) is 24.2. The molecule has 4 nitrogen and oxygen atoms in total. The topological polar surface area (TPSA) is 38.1 Å². The van der Waals surface area contributed by atoms with Crippen LogP contribution in [0.4, 0.5) is 0 Å². The van der Waals surface area contributed by atoms with Crippen LogP contribution in [0.3, 0.4) is 0 Å². The minimum atomic E-state index is 0.353. The highest BCUT2D eigenvalue weighted by Gasteiger charge is 2.30. The molecule has 110 valence electrons. The van der Waals surface area contributed by atoms with Gasteiger partial charge in [0.25, 0.3) is 0 Å². The van der Waals surface area contributed by atoms with Crippen LogP contribution in [0.2, 0.25) is 0 Å². The first kappa shape index (κ1) is 13.7. The third kappa shape index (κ3) is 3.22. The first-order valence-electron chi connectivity index (χ1n) is 8.10. The van der Waals surface area contributed by atoms with Crippen LogP contribution in [0.25, 0.3) is 0 Å². The molecule has 1 amide bonds. The highest BCUT2D eigenvalue weighted by molar-refractivity contribution is 5.77. The molecule has 0 unspecified atom stereocenters. The zero-order valence-electron chi connectivity index (χ0n) is 12.2. The summed E-state index contributed by atoms with van der Waals surface area (Å²) in [5, 5.41) is 4.27. The van der Waals surface area contributed by atoms with E-state index in [1.807, 2.05) is 23.1 Å². The summed E-state index contributed by atoms with van der Waals surface area (Å²) in [6.45, 7) is 1.79. The number of rotatable bonds is 4. The summed E-state index contributed by atoms with van der Waals surface area (Å²) >= 11 is 0. The van der Waals surface area contributed by atoms with E-state index in [1.54, 1.807) is 0 Å². The average Bonchev–Trinajstić information content (AvgIpc) is 3.12. The molecule has 4 heteroatoms. The van der Waals surface area contributed by atoms with Crippen LogP contribution in [0.1, 0.15) is 51.4 Å². The van der Waals surface area contributed by atoms with Crippen LogP contribution in [0, 0.1) is 5.92 Å². The Kier molecular flexibility index (Phi) is 4.38. The number of aromatic nitrogens is 2. The molecule has 0 N–H and O–H groups in total. The molecule has 1 saturated carbocycles. The van der Waals surface area contributed by atoms with Gasteiger partial charge in [0.05, 0.1) is 12.6 Å². The van der Waals surface area contributed by atoms with Crippen molar-refractivity contribution in [2.75, 3.05) is 6.54 Å². The second kappa shape index (κ2) is 6.42. The monoisotopic (exact) mass is 275 g/mol. The highest BCUT2D eigenvalue weighted by Crippen LogP contribution is 2.28. The summed E-state index contributed by atoms with van der Waals surface area (Å²) in [5.74, 6) is 1.02. The highest BCUT2D eigenvalue weighted by atomic mass is 16.2. The van der Waals surface area contributed by atoms with Crippen LogP contribution in [0.15, 0.2) is 18.5 Å². The van der Waals surface area contributed by atoms with Crippen molar-refractivity contribution in [2.24, 2.45) is 5.92 Å². The molecule has 0 bridgehead atoms. The van der Waals surface area contributed by atoms with Crippen LogP contribution in [-0.2, 0) is 11.3 Å². The number of amides is 1. The molecular formula is C16H25N3O. The van der Waals surface area contributed by atoms with Gasteiger partial charge in [0.15, 0.2) is 0 Å². The molecule has 2 aliphatic rings. The lowest BCUT2D eigenvalue weighted by Crippen LogP contribution is -2.39. The van der Waals surface area contributed by atoms with Crippen LogP contribution in [0.5, 0.6) is 0 Å². The van der Waals surface area contributed by atoms with Gasteiger partial charge in [0.2, 0.25) is 5.91 Å². The second-order valence-corrected chi connectivity index (χ2v) is 6.32. The molecule has 0 spiro atoms. The largest absolute Gasteiger partial charge is 0.338 e. The van der Waals surface area contributed by atoms with E-state index in [1.165, 1.54) is 32.1 Å². The molecule has 3 rings (SSSR count). The molecule has 1 aromatic heterocycles. The molecule has 2 heterocycles. The SMILES string of the molecule is O=C(CC1CCCCC1)N1CCC[C@H]1Cn1cccn1. The molecule has 20 heavy (non-hydrogen) atoms. The van der Waals surface area contributed by atoms with E-state index in [-0.39, 0.29) is 0 Å². The minimum Gasteiger partial charge on any atom is -0.338 e. The van der Waals surface area contributed by atoms with Crippen molar-refractivity contribution in [2.45, 2.75) is 64.0 Å². The van der Waals surface area contributed by atoms with Crippen molar-refractivity contribution in [1.29, 1.82) is 0 Å². The zero-order chi connectivity index (χ0) is 13.8. The third-order valence-corrected chi connectivity index (χ3v) is 4.84. The van der Waals surface area contributed by atoms with Gasteiger partial charge >= 0.3 is 0 Å². The summed E-state index contributed by atoms with van der Waals surface area (Å²) in [4.78, 5) is 14.7. The molecule has 1 aliphatic carbocycles. The summed E-state index contributed by atoms with van der Waals surface area (Å²) < 4.78 is 1.96. The van der Waals surface area contributed by atoms with Gasteiger partial charge in [0.1, 0.15) is 0 Å². The van der Waals surface area contributed by atoms with Gasteiger partial charge in [-0.2, -0.15) is 5.10 Å². The number of carbonyl (C=O) groups is 1. The van der Waals surface area contributed by atoms with E-state index < -0.39 is 0 Å². The van der Waals surface area contributed by atoms with E-state index in [0.717, 1.165) is 32.4 Å². The Balaban J connectivity index is 1.55. The summed E-state index contributed by atoms with van der Waals surface area (Å²) in [6.07, 6.45) is 13.3. The fraction of sp³-hybridized carbons (Fsp3) is 0.750. The minimum absolute atomic E-state index is 0.353. The molecule has 1 aromatic rings. The molecule has 2 fully saturated rings. The fourth-order valence-corrected chi connectivity index (χ4v) is 3.73. The molecule has 0 radical (unpaired) electrons. The molecule has 0 aromatic carbocycles. The van der Waals surface area contributed by atoms with Crippen molar-refractivity contribution < 1.29 is 4.79 Å². The predicted molar refractivity (Wildman–Crippen MR) is 78.2 cm³/mol. The lowest BCUT2D eigenvalue weighted by molar-refractivity contribution is -0.133. The average molecular weight is 275 g/mol. The van der Waals surface area contributed by atoms with E-state index in [0.29, 0.717) is 17.9 Å². The number of carbonyl (C=O) groups excluding carboxylic acids is 1. The van der Waals surface area contributed by atoms with Crippen molar-refractivity contribution in [3.63, 3.8) is 0 Å². The van der Waals surface area contributed by atoms with Gasteiger partial charge in [-0.05, 0) is 37.7 Å². The second-order valence-electron chi connectivity index (χ2n) is 6.32. The number of likely N-dealkylation sites (tertiary alicyclic amines) is 1. The first-order chi connectivity index (χ1) is 9.83. The van der Waals surface area contributed by atoms with Crippen LogP contribution in [-0.4, -0.2) is 33.2 Å². The summed E-state index contributed by atoms with van der Waals surface area (Å²) in [7, 11) is 0. The Morgan fingerprint density at radius 3 is 2.75 bits per heavy atom. The van der Waals surface area contributed by atoms with Gasteiger partial charge in [-0.15, -0.1) is 0 Å². The summed E-state index contributed by atoms with van der Waals surface area (Å²) in [5.41, 5.74) is 0. The molecular weight excluding hydrogens is 250 g/mol. The Hall–Kier alpha value is -1.32. The van der Waals surface area contributed by atoms with Crippen LogP contribution >= 0.6 is 0 Å². The number of hydrogen-bond acceptors (Lipinski definition) is 2. The smallest absolute Gasteiger partial charge is 0.223 e. The predicted octanol–water partition coefficient (Wildman–Crippen LogP) is 2.84. The number of hydrogen-bond donors (Lipinski definition) is 0. The summed E-state index contributed by atoms with van der Waals surface area (Å²) in [6, 6.07) is 2.30. The van der Waals surface area contributed by atoms with E-state index in [9.17, 15) is 4.79 Å². The van der Waals surface area contributed by atoms with Gasteiger partial charge in [0, 0.05) is 25.4 Å². The van der Waals surface area contributed by atoms with Crippen molar-refractivity contribution in [1.82, 2.24) is 14.7 Å². The van der Waals surface area contributed by atoms with Crippen LogP contribution < -0.4 is 0 Å². The van der Waals surface area contributed by atoms with Gasteiger partial charge in [-0.25, -0.2) is 0 Å². The Labute approximate surface area is 121 Å². The van der Waals surface area contributed by atoms with Gasteiger partial charge in [-0.3, -0.25) is 9.48 Å².